The number of hydrogen-bond acceptors (Lipinski definition) is 6. The molecule has 1 aromatic carbocycles. The molecule has 4 aromatic rings. The summed E-state index contributed by atoms with van der Waals surface area (Å²) in [6.07, 6.45) is 9.57. The van der Waals surface area contributed by atoms with E-state index in [1.54, 1.807) is 11.3 Å². The first-order valence-corrected chi connectivity index (χ1v) is 10.3. The lowest BCUT2D eigenvalue weighted by Gasteiger charge is -2.21. The van der Waals surface area contributed by atoms with Crippen molar-refractivity contribution < 1.29 is 0 Å². The summed E-state index contributed by atoms with van der Waals surface area (Å²) in [6, 6.07) is 10.1. The van der Waals surface area contributed by atoms with E-state index in [0.717, 1.165) is 47.8 Å². The summed E-state index contributed by atoms with van der Waals surface area (Å²) in [5.41, 5.74) is 6.27. The Kier molecular flexibility index (Phi) is 5.72. The fourth-order valence-corrected chi connectivity index (χ4v) is 3.53. The second kappa shape index (κ2) is 8.75. The predicted octanol–water partition coefficient (Wildman–Crippen LogP) is 3.93. The highest BCUT2D eigenvalue weighted by molar-refractivity contribution is 7.07. The summed E-state index contributed by atoms with van der Waals surface area (Å²) in [4.78, 5) is 15.7. The number of benzene rings is 1. The standard InChI is InChI=1S/C21H22N6S/c1-2-17-10-22-21(23-11-17)26(9-8-19-15-28-16-24-19)13-18-12-25-27(14-18)20-6-4-3-5-7-20/h3-7,10-12,14-16H,2,8-9,13H2,1H3. The summed E-state index contributed by atoms with van der Waals surface area (Å²) in [5.74, 6) is 0.736. The van der Waals surface area contributed by atoms with Gasteiger partial charge in [-0.3, -0.25) is 0 Å². The van der Waals surface area contributed by atoms with Crippen LogP contribution in [0.3, 0.4) is 0 Å². The fourth-order valence-electron chi connectivity index (χ4n) is 2.94. The Labute approximate surface area is 168 Å². The van der Waals surface area contributed by atoms with E-state index in [1.807, 2.05) is 59.1 Å². The Morgan fingerprint density at radius 1 is 1.00 bits per heavy atom. The molecule has 7 heteroatoms. The van der Waals surface area contributed by atoms with Gasteiger partial charge in [0.1, 0.15) is 0 Å². The van der Waals surface area contributed by atoms with Gasteiger partial charge in [-0.05, 0) is 24.1 Å². The Morgan fingerprint density at radius 2 is 1.82 bits per heavy atom. The van der Waals surface area contributed by atoms with Gasteiger partial charge >= 0.3 is 0 Å². The average Bonchev–Trinajstić information content (AvgIpc) is 3.44. The van der Waals surface area contributed by atoms with E-state index in [9.17, 15) is 0 Å². The van der Waals surface area contributed by atoms with E-state index < -0.39 is 0 Å². The van der Waals surface area contributed by atoms with Crippen LogP contribution in [0.4, 0.5) is 5.95 Å². The van der Waals surface area contributed by atoms with Crippen LogP contribution in [0.15, 0.2) is 66.0 Å². The lowest BCUT2D eigenvalue weighted by atomic mass is 10.2. The number of hydrogen-bond donors (Lipinski definition) is 0. The van der Waals surface area contributed by atoms with Gasteiger partial charge in [-0.15, -0.1) is 11.3 Å². The van der Waals surface area contributed by atoms with Gasteiger partial charge < -0.3 is 4.90 Å². The van der Waals surface area contributed by atoms with Crippen molar-refractivity contribution >= 4 is 17.3 Å². The molecule has 0 atom stereocenters. The van der Waals surface area contributed by atoms with E-state index in [4.69, 9.17) is 0 Å². The van der Waals surface area contributed by atoms with Crippen molar-refractivity contribution in [3.05, 3.63) is 82.8 Å². The molecule has 0 radical (unpaired) electrons. The zero-order chi connectivity index (χ0) is 19.2. The minimum atomic E-state index is 0.697. The van der Waals surface area contributed by atoms with Crippen LogP contribution in [0.25, 0.3) is 5.69 Å². The second-order valence-electron chi connectivity index (χ2n) is 6.52. The number of para-hydroxylation sites is 1. The molecule has 3 heterocycles. The summed E-state index contributed by atoms with van der Waals surface area (Å²) in [5, 5.41) is 6.60. The summed E-state index contributed by atoms with van der Waals surface area (Å²) < 4.78 is 1.90. The normalized spacial score (nSPS) is 10.9. The highest BCUT2D eigenvalue weighted by atomic mass is 32.1. The molecule has 0 saturated carbocycles. The predicted molar refractivity (Wildman–Crippen MR) is 112 cm³/mol. The van der Waals surface area contributed by atoms with Gasteiger partial charge in [0.25, 0.3) is 0 Å². The maximum absolute atomic E-state index is 4.58. The lowest BCUT2D eigenvalue weighted by Crippen LogP contribution is -2.27. The van der Waals surface area contributed by atoms with Crippen molar-refractivity contribution in [3.63, 3.8) is 0 Å². The molecule has 0 bridgehead atoms. The van der Waals surface area contributed by atoms with Crippen LogP contribution >= 0.6 is 11.3 Å². The Balaban J connectivity index is 1.53. The van der Waals surface area contributed by atoms with Crippen LogP contribution in [-0.4, -0.2) is 31.3 Å². The number of rotatable bonds is 8. The Hall–Kier alpha value is -3.06. The molecule has 142 valence electrons. The minimum Gasteiger partial charge on any atom is -0.336 e. The van der Waals surface area contributed by atoms with Crippen molar-refractivity contribution in [2.75, 3.05) is 11.4 Å². The molecule has 0 spiro atoms. The van der Waals surface area contributed by atoms with Crippen molar-refractivity contribution in [2.45, 2.75) is 26.3 Å². The highest BCUT2D eigenvalue weighted by Crippen LogP contribution is 2.15. The van der Waals surface area contributed by atoms with Gasteiger partial charge in [0.05, 0.1) is 23.1 Å². The topological polar surface area (TPSA) is 59.7 Å². The van der Waals surface area contributed by atoms with Gasteiger partial charge in [-0.2, -0.15) is 5.10 Å². The zero-order valence-corrected chi connectivity index (χ0v) is 16.6. The molecular weight excluding hydrogens is 368 g/mol. The number of thiazole rings is 1. The van der Waals surface area contributed by atoms with Gasteiger partial charge in [0.15, 0.2) is 0 Å². The molecule has 0 aliphatic rings. The zero-order valence-electron chi connectivity index (χ0n) is 15.8. The van der Waals surface area contributed by atoms with Gasteiger partial charge in [-0.25, -0.2) is 19.6 Å². The molecular formula is C21H22N6S. The summed E-state index contributed by atoms with van der Waals surface area (Å²) in [7, 11) is 0. The highest BCUT2D eigenvalue weighted by Gasteiger charge is 2.13. The molecule has 0 aliphatic heterocycles. The van der Waals surface area contributed by atoms with Crippen molar-refractivity contribution in [3.8, 4) is 5.69 Å². The van der Waals surface area contributed by atoms with Crippen LogP contribution in [0.1, 0.15) is 23.7 Å². The van der Waals surface area contributed by atoms with Crippen molar-refractivity contribution in [1.29, 1.82) is 0 Å². The SMILES string of the molecule is CCc1cnc(N(CCc2cscn2)Cc2cnn(-c3ccccc3)c2)nc1. The molecule has 0 saturated heterocycles. The number of anilines is 1. The van der Waals surface area contributed by atoms with Crippen LogP contribution in [0, 0.1) is 0 Å². The third kappa shape index (κ3) is 4.43. The smallest absolute Gasteiger partial charge is 0.225 e. The molecule has 0 unspecified atom stereocenters. The maximum atomic E-state index is 4.58. The first-order chi connectivity index (χ1) is 13.8. The molecule has 4 rings (SSSR count). The molecule has 0 fully saturated rings. The van der Waals surface area contributed by atoms with Crippen LogP contribution in [0.2, 0.25) is 0 Å². The van der Waals surface area contributed by atoms with Crippen LogP contribution in [-0.2, 0) is 19.4 Å². The molecule has 6 nitrogen and oxygen atoms in total. The van der Waals surface area contributed by atoms with E-state index in [1.165, 1.54) is 0 Å². The van der Waals surface area contributed by atoms with Crippen LogP contribution in [0.5, 0.6) is 0 Å². The van der Waals surface area contributed by atoms with Gasteiger partial charge in [0.2, 0.25) is 5.95 Å². The summed E-state index contributed by atoms with van der Waals surface area (Å²) >= 11 is 1.62. The molecule has 0 aliphatic carbocycles. The number of aromatic nitrogens is 5. The second-order valence-corrected chi connectivity index (χ2v) is 7.24. The fraction of sp³-hybridized carbons (Fsp3) is 0.238. The van der Waals surface area contributed by atoms with Gasteiger partial charge in [0, 0.05) is 49.0 Å². The Bertz CT molecular complexity index is 979. The average molecular weight is 391 g/mol. The quantitative estimate of drug-likeness (QED) is 0.456. The third-order valence-electron chi connectivity index (χ3n) is 4.53. The Morgan fingerprint density at radius 3 is 2.54 bits per heavy atom. The van der Waals surface area contributed by atoms with Crippen LogP contribution < -0.4 is 4.90 Å². The molecule has 0 N–H and O–H groups in total. The number of nitrogens with zero attached hydrogens (tertiary/aromatic N) is 6. The van der Waals surface area contributed by atoms with Crippen molar-refractivity contribution in [2.24, 2.45) is 0 Å². The van der Waals surface area contributed by atoms with E-state index in [-0.39, 0.29) is 0 Å². The van der Waals surface area contributed by atoms with E-state index in [2.05, 4.69) is 43.5 Å². The molecule has 0 amide bonds. The number of aryl methyl sites for hydroxylation is 1. The lowest BCUT2D eigenvalue weighted by molar-refractivity contribution is 0.742. The first-order valence-electron chi connectivity index (χ1n) is 9.33. The molecule has 3 aromatic heterocycles. The minimum absolute atomic E-state index is 0.697. The summed E-state index contributed by atoms with van der Waals surface area (Å²) in [6.45, 7) is 3.60. The van der Waals surface area contributed by atoms with Crippen molar-refractivity contribution in [1.82, 2.24) is 24.7 Å². The molecule has 28 heavy (non-hydrogen) atoms. The van der Waals surface area contributed by atoms with E-state index in [0.29, 0.717) is 6.54 Å². The third-order valence-corrected chi connectivity index (χ3v) is 5.17. The largest absolute Gasteiger partial charge is 0.336 e. The van der Waals surface area contributed by atoms with Gasteiger partial charge in [-0.1, -0.05) is 25.1 Å². The van der Waals surface area contributed by atoms with E-state index >= 15 is 0 Å². The first kappa shape index (κ1) is 18.3. The monoisotopic (exact) mass is 390 g/mol. The maximum Gasteiger partial charge on any atom is 0.225 e.